The SMILES string of the molecule is CCOCCCN(CC(F)(F)F)C(=O)c1cn[nH]c1C. The van der Waals surface area contributed by atoms with Gasteiger partial charge in [0.15, 0.2) is 0 Å². The van der Waals surface area contributed by atoms with Crippen LogP contribution in [0.1, 0.15) is 29.4 Å². The van der Waals surface area contributed by atoms with E-state index in [-0.39, 0.29) is 12.1 Å². The molecule has 0 unspecified atom stereocenters. The van der Waals surface area contributed by atoms with Gasteiger partial charge in [0.25, 0.3) is 5.91 Å². The van der Waals surface area contributed by atoms with Gasteiger partial charge in [0, 0.05) is 25.5 Å². The molecular weight excluding hydrogens is 275 g/mol. The van der Waals surface area contributed by atoms with Gasteiger partial charge in [0.1, 0.15) is 6.54 Å². The Labute approximate surface area is 115 Å². The second-order valence-electron chi connectivity index (χ2n) is 4.30. The van der Waals surface area contributed by atoms with E-state index < -0.39 is 18.6 Å². The fourth-order valence-corrected chi connectivity index (χ4v) is 1.71. The number of H-pyrrole nitrogens is 1. The molecule has 0 atom stereocenters. The van der Waals surface area contributed by atoms with E-state index in [9.17, 15) is 18.0 Å². The molecule has 0 radical (unpaired) electrons. The molecule has 0 bridgehead atoms. The highest BCUT2D eigenvalue weighted by molar-refractivity contribution is 5.95. The zero-order chi connectivity index (χ0) is 15.2. The summed E-state index contributed by atoms with van der Waals surface area (Å²) in [5, 5.41) is 6.19. The highest BCUT2D eigenvalue weighted by Gasteiger charge is 2.33. The van der Waals surface area contributed by atoms with Crippen molar-refractivity contribution in [3.8, 4) is 0 Å². The molecule has 0 aromatic carbocycles. The van der Waals surface area contributed by atoms with Gasteiger partial charge in [-0.3, -0.25) is 9.89 Å². The van der Waals surface area contributed by atoms with Crippen molar-refractivity contribution in [2.75, 3.05) is 26.3 Å². The van der Waals surface area contributed by atoms with Crippen LogP contribution in [0, 0.1) is 6.92 Å². The smallest absolute Gasteiger partial charge is 0.382 e. The standard InChI is InChI=1S/C12H18F3N3O2/c1-3-20-6-4-5-18(8-12(13,14)15)11(19)10-7-16-17-9(10)2/h7H,3-6,8H2,1-2H3,(H,16,17). The Morgan fingerprint density at radius 3 is 2.70 bits per heavy atom. The summed E-state index contributed by atoms with van der Waals surface area (Å²) in [4.78, 5) is 12.9. The third-order valence-corrected chi connectivity index (χ3v) is 2.64. The second kappa shape index (κ2) is 7.28. The molecule has 1 aromatic heterocycles. The first-order chi connectivity index (χ1) is 9.35. The lowest BCUT2D eigenvalue weighted by Crippen LogP contribution is -2.40. The summed E-state index contributed by atoms with van der Waals surface area (Å²) in [5.41, 5.74) is 0.609. The van der Waals surface area contributed by atoms with Gasteiger partial charge in [0.05, 0.1) is 11.8 Å². The van der Waals surface area contributed by atoms with E-state index in [2.05, 4.69) is 10.2 Å². The fourth-order valence-electron chi connectivity index (χ4n) is 1.71. The van der Waals surface area contributed by atoms with Crippen molar-refractivity contribution in [3.63, 3.8) is 0 Å². The number of nitrogens with one attached hydrogen (secondary N) is 1. The third kappa shape index (κ3) is 5.20. The van der Waals surface area contributed by atoms with Crippen LogP contribution < -0.4 is 0 Å². The highest BCUT2D eigenvalue weighted by Crippen LogP contribution is 2.19. The molecule has 0 aliphatic rings. The van der Waals surface area contributed by atoms with Crippen LogP contribution in [0.5, 0.6) is 0 Å². The number of hydrogen-bond acceptors (Lipinski definition) is 3. The van der Waals surface area contributed by atoms with E-state index >= 15 is 0 Å². The second-order valence-corrected chi connectivity index (χ2v) is 4.30. The van der Waals surface area contributed by atoms with E-state index in [1.807, 2.05) is 0 Å². The first-order valence-electron chi connectivity index (χ1n) is 6.29. The summed E-state index contributed by atoms with van der Waals surface area (Å²) >= 11 is 0. The zero-order valence-corrected chi connectivity index (χ0v) is 11.5. The van der Waals surface area contributed by atoms with Crippen molar-refractivity contribution in [1.82, 2.24) is 15.1 Å². The molecule has 20 heavy (non-hydrogen) atoms. The summed E-state index contributed by atoms with van der Waals surface area (Å²) in [7, 11) is 0. The molecule has 0 spiro atoms. The first kappa shape index (κ1) is 16.5. The van der Waals surface area contributed by atoms with Crippen molar-refractivity contribution in [3.05, 3.63) is 17.5 Å². The van der Waals surface area contributed by atoms with Gasteiger partial charge in [0.2, 0.25) is 0 Å². The van der Waals surface area contributed by atoms with E-state index in [0.29, 0.717) is 25.3 Å². The fraction of sp³-hybridized carbons (Fsp3) is 0.667. The molecular formula is C12H18F3N3O2. The van der Waals surface area contributed by atoms with Crippen LogP contribution >= 0.6 is 0 Å². The quantitative estimate of drug-likeness (QED) is 0.784. The van der Waals surface area contributed by atoms with Gasteiger partial charge < -0.3 is 9.64 Å². The van der Waals surface area contributed by atoms with E-state index in [0.717, 1.165) is 4.90 Å². The van der Waals surface area contributed by atoms with Crippen LogP contribution in [-0.4, -0.2) is 53.5 Å². The Morgan fingerprint density at radius 2 is 2.20 bits per heavy atom. The lowest BCUT2D eigenvalue weighted by molar-refractivity contribution is -0.141. The molecule has 0 aliphatic heterocycles. The molecule has 1 amide bonds. The number of rotatable bonds is 7. The largest absolute Gasteiger partial charge is 0.406 e. The van der Waals surface area contributed by atoms with Crippen LogP contribution in [-0.2, 0) is 4.74 Å². The zero-order valence-electron chi connectivity index (χ0n) is 11.5. The van der Waals surface area contributed by atoms with Crippen LogP contribution in [0.15, 0.2) is 6.20 Å². The molecule has 5 nitrogen and oxygen atoms in total. The van der Waals surface area contributed by atoms with Gasteiger partial charge in [-0.1, -0.05) is 0 Å². The number of carbonyl (C=O) groups is 1. The Morgan fingerprint density at radius 1 is 1.50 bits per heavy atom. The van der Waals surface area contributed by atoms with Crippen LogP contribution in [0.2, 0.25) is 0 Å². The summed E-state index contributed by atoms with van der Waals surface area (Å²) < 4.78 is 42.7. The number of nitrogens with zero attached hydrogens (tertiary/aromatic N) is 2. The molecule has 114 valence electrons. The Hall–Kier alpha value is -1.57. The molecule has 0 fully saturated rings. The van der Waals surface area contributed by atoms with Crippen molar-refractivity contribution in [2.45, 2.75) is 26.4 Å². The number of alkyl halides is 3. The maximum atomic E-state index is 12.5. The Bertz CT molecular complexity index is 432. The number of amides is 1. The van der Waals surface area contributed by atoms with Crippen molar-refractivity contribution < 1.29 is 22.7 Å². The monoisotopic (exact) mass is 293 g/mol. The number of carbonyl (C=O) groups excluding carboxylic acids is 1. The first-order valence-corrected chi connectivity index (χ1v) is 6.29. The minimum absolute atomic E-state index is 0.0109. The number of halogens is 3. The maximum Gasteiger partial charge on any atom is 0.406 e. The van der Waals surface area contributed by atoms with Gasteiger partial charge in [-0.05, 0) is 20.3 Å². The summed E-state index contributed by atoms with van der Waals surface area (Å²) in [5.74, 6) is -0.676. The van der Waals surface area contributed by atoms with Gasteiger partial charge in [-0.15, -0.1) is 0 Å². The average molecular weight is 293 g/mol. The summed E-state index contributed by atoms with van der Waals surface area (Å²) in [6.45, 7) is 2.92. The van der Waals surface area contributed by atoms with E-state index in [4.69, 9.17) is 4.74 Å². The van der Waals surface area contributed by atoms with Crippen molar-refractivity contribution in [2.24, 2.45) is 0 Å². The van der Waals surface area contributed by atoms with Crippen molar-refractivity contribution >= 4 is 5.91 Å². The lowest BCUT2D eigenvalue weighted by Gasteiger charge is -2.23. The predicted octanol–water partition coefficient (Wildman–Crippen LogP) is 2.15. The lowest BCUT2D eigenvalue weighted by atomic mass is 10.2. The molecule has 1 aromatic rings. The minimum atomic E-state index is -4.43. The number of aromatic amines is 1. The maximum absolute atomic E-state index is 12.5. The van der Waals surface area contributed by atoms with Crippen LogP contribution in [0.4, 0.5) is 13.2 Å². The van der Waals surface area contributed by atoms with Crippen molar-refractivity contribution in [1.29, 1.82) is 0 Å². The molecule has 1 rings (SSSR count). The summed E-state index contributed by atoms with van der Waals surface area (Å²) in [6, 6.07) is 0. The molecule has 0 saturated heterocycles. The average Bonchev–Trinajstić information content (AvgIpc) is 2.77. The molecule has 1 heterocycles. The van der Waals surface area contributed by atoms with E-state index in [1.165, 1.54) is 6.20 Å². The molecule has 0 saturated carbocycles. The Kier molecular flexibility index (Phi) is 6.00. The molecule has 8 heteroatoms. The Balaban J connectivity index is 2.71. The number of aromatic nitrogens is 2. The third-order valence-electron chi connectivity index (χ3n) is 2.64. The molecule has 0 aliphatic carbocycles. The number of ether oxygens (including phenoxy) is 1. The van der Waals surface area contributed by atoms with Crippen LogP contribution in [0.25, 0.3) is 0 Å². The minimum Gasteiger partial charge on any atom is -0.382 e. The summed E-state index contributed by atoms with van der Waals surface area (Å²) in [6.07, 6.45) is -2.84. The predicted molar refractivity (Wildman–Crippen MR) is 66.4 cm³/mol. The van der Waals surface area contributed by atoms with Gasteiger partial charge in [-0.2, -0.15) is 18.3 Å². The van der Waals surface area contributed by atoms with Gasteiger partial charge >= 0.3 is 6.18 Å². The molecule has 1 N–H and O–H groups in total. The highest BCUT2D eigenvalue weighted by atomic mass is 19.4. The van der Waals surface area contributed by atoms with E-state index in [1.54, 1.807) is 13.8 Å². The number of aryl methyl sites for hydroxylation is 1. The van der Waals surface area contributed by atoms with Crippen LogP contribution in [0.3, 0.4) is 0 Å². The van der Waals surface area contributed by atoms with Gasteiger partial charge in [-0.25, -0.2) is 0 Å². The normalized spacial score (nSPS) is 11.7. The topological polar surface area (TPSA) is 58.2 Å². The number of hydrogen-bond donors (Lipinski definition) is 1.